The number of rotatable bonds is 6. The number of nitrogens with zero attached hydrogens (tertiary/aromatic N) is 1. The number of aliphatic hydroxyl groups excluding tert-OH is 1. The monoisotopic (exact) mass is 271 g/mol. The van der Waals surface area contributed by atoms with Crippen LogP contribution in [0.1, 0.15) is 23.7 Å². The summed E-state index contributed by atoms with van der Waals surface area (Å²) in [7, 11) is 0. The fourth-order valence-electron chi connectivity index (χ4n) is 1.57. The van der Waals surface area contributed by atoms with E-state index in [4.69, 9.17) is 10.4 Å². The predicted octanol–water partition coefficient (Wildman–Crippen LogP) is 1.86. The molecule has 0 amide bonds. The fraction of sp³-hybridized carbons (Fsp3) is 0.333. The number of carbonyl (C=O) groups is 1. The molecule has 1 unspecified atom stereocenters. The average molecular weight is 271 g/mol. The number of carboxylic acids is 1. The Balaban J connectivity index is 3.09. The Morgan fingerprint density at radius 1 is 1.47 bits per heavy atom. The Morgan fingerprint density at radius 2 is 2.16 bits per heavy atom. The Labute approximate surface area is 107 Å². The van der Waals surface area contributed by atoms with Crippen LogP contribution in [0.25, 0.3) is 0 Å². The number of aliphatic carboxylic acids is 1. The second-order valence-corrected chi connectivity index (χ2v) is 3.64. The summed E-state index contributed by atoms with van der Waals surface area (Å²) in [6, 6.07) is 5.39. The lowest BCUT2D eigenvalue weighted by atomic mass is 9.98. The van der Waals surface area contributed by atoms with Crippen molar-refractivity contribution in [3.05, 3.63) is 29.3 Å². The molecule has 0 saturated heterocycles. The van der Waals surface area contributed by atoms with Gasteiger partial charge in [0.1, 0.15) is 5.75 Å². The number of alkyl halides is 2. The third-order valence-corrected chi connectivity index (χ3v) is 2.37. The largest absolute Gasteiger partial charge is 0.479 e. The first-order valence-corrected chi connectivity index (χ1v) is 5.31. The van der Waals surface area contributed by atoms with Crippen LogP contribution >= 0.6 is 0 Å². The molecular formula is C12H11F2NO4. The van der Waals surface area contributed by atoms with E-state index in [1.165, 1.54) is 12.1 Å². The normalized spacial score (nSPS) is 11.9. The molecule has 1 aromatic carbocycles. The molecule has 1 rings (SSSR count). The standard InChI is InChI=1S/C12H11F2NO4/c13-12(14)19-8-3-4-9(10(16)11(17)18)7(6-8)2-1-5-15/h3-4,6,10,12,16H,1-2H2,(H,17,18). The number of halogens is 2. The highest BCUT2D eigenvalue weighted by molar-refractivity contribution is 5.74. The maximum atomic E-state index is 12.1. The summed E-state index contributed by atoms with van der Waals surface area (Å²) >= 11 is 0. The zero-order chi connectivity index (χ0) is 14.4. The number of aliphatic hydroxyl groups is 1. The Kier molecular flexibility index (Phi) is 5.21. The van der Waals surface area contributed by atoms with Gasteiger partial charge in [0, 0.05) is 6.42 Å². The van der Waals surface area contributed by atoms with Crippen molar-refractivity contribution in [1.29, 1.82) is 5.26 Å². The van der Waals surface area contributed by atoms with Gasteiger partial charge in [-0.15, -0.1) is 0 Å². The van der Waals surface area contributed by atoms with Crippen LogP contribution in [0, 0.1) is 11.3 Å². The Hall–Kier alpha value is -2.20. The lowest BCUT2D eigenvalue weighted by Crippen LogP contribution is -2.13. The molecule has 19 heavy (non-hydrogen) atoms. The highest BCUT2D eigenvalue weighted by Gasteiger charge is 2.20. The molecule has 0 aliphatic rings. The van der Waals surface area contributed by atoms with E-state index in [0.717, 1.165) is 6.07 Å². The third-order valence-electron chi connectivity index (χ3n) is 2.37. The van der Waals surface area contributed by atoms with Gasteiger partial charge in [-0.3, -0.25) is 0 Å². The molecule has 1 aromatic rings. The predicted molar refractivity (Wildman–Crippen MR) is 59.6 cm³/mol. The summed E-state index contributed by atoms with van der Waals surface area (Å²) in [6.45, 7) is -3.00. The van der Waals surface area contributed by atoms with Gasteiger partial charge < -0.3 is 14.9 Å². The van der Waals surface area contributed by atoms with Crippen LogP contribution < -0.4 is 4.74 Å². The van der Waals surface area contributed by atoms with E-state index in [9.17, 15) is 18.7 Å². The Morgan fingerprint density at radius 3 is 2.68 bits per heavy atom. The van der Waals surface area contributed by atoms with Gasteiger partial charge in [-0.05, 0) is 29.7 Å². The third kappa shape index (κ3) is 4.19. The molecular weight excluding hydrogens is 260 g/mol. The molecule has 0 spiro atoms. The number of hydrogen-bond donors (Lipinski definition) is 2. The first-order valence-electron chi connectivity index (χ1n) is 5.31. The van der Waals surface area contributed by atoms with Crippen LogP contribution in [0.5, 0.6) is 5.75 Å². The number of ether oxygens (including phenoxy) is 1. The Bertz CT molecular complexity index is 499. The number of hydrogen-bond acceptors (Lipinski definition) is 4. The van der Waals surface area contributed by atoms with Crippen molar-refractivity contribution in [1.82, 2.24) is 0 Å². The van der Waals surface area contributed by atoms with Crippen LogP contribution in [0.2, 0.25) is 0 Å². The minimum atomic E-state index is -3.00. The molecule has 0 bridgehead atoms. The van der Waals surface area contributed by atoms with Gasteiger partial charge in [-0.25, -0.2) is 4.79 Å². The highest BCUT2D eigenvalue weighted by Crippen LogP contribution is 2.25. The second-order valence-electron chi connectivity index (χ2n) is 3.64. The molecule has 0 radical (unpaired) electrons. The molecule has 0 aromatic heterocycles. The van der Waals surface area contributed by atoms with E-state index in [2.05, 4.69) is 4.74 Å². The van der Waals surface area contributed by atoms with E-state index in [1.54, 1.807) is 0 Å². The summed E-state index contributed by atoms with van der Waals surface area (Å²) in [6.07, 6.45) is -1.57. The minimum Gasteiger partial charge on any atom is -0.479 e. The van der Waals surface area contributed by atoms with E-state index < -0.39 is 18.7 Å². The van der Waals surface area contributed by atoms with Crippen molar-refractivity contribution in [2.24, 2.45) is 0 Å². The average Bonchev–Trinajstić information content (AvgIpc) is 2.34. The first kappa shape index (κ1) is 14.9. The lowest BCUT2D eigenvalue weighted by molar-refractivity contribution is -0.147. The van der Waals surface area contributed by atoms with Crippen molar-refractivity contribution in [2.45, 2.75) is 25.6 Å². The van der Waals surface area contributed by atoms with Crippen molar-refractivity contribution < 1.29 is 28.5 Å². The quantitative estimate of drug-likeness (QED) is 0.824. The molecule has 102 valence electrons. The van der Waals surface area contributed by atoms with Crippen LogP contribution in [0.3, 0.4) is 0 Å². The van der Waals surface area contributed by atoms with Gasteiger partial charge in [-0.2, -0.15) is 14.0 Å². The van der Waals surface area contributed by atoms with Gasteiger partial charge in [0.2, 0.25) is 0 Å². The molecule has 0 aliphatic carbocycles. The smallest absolute Gasteiger partial charge is 0.387 e. The van der Waals surface area contributed by atoms with Gasteiger partial charge in [0.25, 0.3) is 0 Å². The molecule has 2 N–H and O–H groups in total. The minimum absolute atomic E-state index is 0.0596. The molecule has 0 fully saturated rings. The van der Waals surface area contributed by atoms with Gasteiger partial charge in [0.05, 0.1) is 6.07 Å². The summed E-state index contributed by atoms with van der Waals surface area (Å²) in [4.78, 5) is 10.7. The molecule has 0 saturated carbocycles. The van der Waals surface area contributed by atoms with E-state index in [0.29, 0.717) is 0 Å². The van der Waals surface area contributed by atoms with E-state index >= 15 is 0 Å². The highest BCUT2D eigenvalue weighted by atomic mass is 19.3. The molecule has 0 aliphatic heterocycles. The van der Waals surface area contributed by atoms with Crippen LogP contribution in [0.15, 0.2) is 18.2 Å². The molecule has 0 heterocycles. The van der Waals surface area contributed by atoms with Gasteiger partial charge in [-0.1, -0.05) is 6.07 Å². The maximum Gasteiger partial charge on any atom is 0.387 e. The van der Waals surface area contributed by atoms with Crippen molar-refractivity contribution in [3.63, 3.8) is 0 Å². The number of aryl methyl sites for hydroxylation is 1. The summed E-state index contributed by atoms with van der Waals surface area (Å²) in [5.41, 5.74) is 0.346. The summed E-state index contributed by atoms with van der Waals surface area (Å²) in [5.74, 6) is -1.61. The maximum absolute atomic E-state index is 12.1. The van der Waals surface area contributed by atoms with Crippen molar-refractivity contribution in [2.75, 3.05) is 0 Å². The zero-order valence-electron chi connectivity index (χ0n) is 9.72. The van der Waals surface area contributed by atoms with Crippen molar-refractivity contribution in [3.8, 4) is 11.8 Å². The van der Waals surface area contributed by atoms with Crippen LogP contribution in [-0.4, -0.2) is 22.8 Å². The molecule has 1 atom stereocenters. The number of carboxylic acid groups (broad SMARTS) is 1. The zero-order valence-corrected chi connectivity index (χ0v) is 9.72. The number of nitriles is 1. The SMILES string of the molecule is N#CCCc1cc(OC(F)F)ccc1C(O)C(=O)O. The van der Waals surface area contributed by atoms with Crippen LogP contribution in [-0.2, 0) is 11.2 Å². The van der Waals surface area contributed by atoms with Crippen LogP contribution in [0.4, 0.5) is 8.78 Å². The topological polar surface area (TPSA) is 90.5 Å². The van der Waals surface area contributed by atoms with Gasteiger partial charge in [0.15, 0.2) is 6.10 Å². The van der Waals surface area contributed by atoms with Crippen molar-refractivity contribution >= 4 is 5.97 Å². The molecule has 5 nitrogen and oxygen atoms in total. The fourth-order valence-corrected chi connectivity index (χ4v) is 1.57. The van der Waals surface area contributed by atoms with E-state index in [-0.39, 0.29) is 29.7 Å². The first-order chi connectivity index (χ1) is 8.95. The number of benzene rings is 1. The lowest BCUT2D eigenvalue weighted by Gasteiger charge is -2.13. The van der Waals surface area contributed by atoms with E-state index in [1.807, 2.05) is 6.07 Å². The summed E-state index contributed by atoms with van der Waals surface area (Å²) in [5, 5.41) is 26.7. The molecule has 7 heteroatoms. The van der Waals surface area contributed by atoms with Gasteiger partial charge >= 0.3 is 12.6 Å². The summed E-state index contributed by atoms with van der Waals surface area (Å²) < 4.78 is 28.3. The second kappa shape index (κ2) is 6.66.